The van der Waals surface area contributed by atoms with Crippen molar-refractivity contribution in [2.75, 3.05) is 0 Å². The molecule has 0 spiro atoms. The number of aryl methyl sites for hydroxylation is 1. The Balaban J connectivity index is 2.14. The van der Waals surface area contributed by atoms with E-state index in [1.807, 2.05) is 13.0 Å². The maximum Gasteiger partial charge on any atom is 0.223 e. The zero-order valence-corrected chi connectivity index (χ0v) is 11.8. The molecule has 0 amide bonds. The van der Waals surface area contributed by atoms with E-state index in [9.17, 15) is 0 Å². The van der Waals surface area contributed by atoms with E-state index in [2.05, 4.69) is 53.6 Å². The van der Waals surface area contributed by atoms with Gasteiger partial charge in [-0.3, -0.25) is 0 Å². The molecule has 2 atom stereocenters. The van der Waals surface area contributed by atoms with Gasteiger partial charge in [0, 0.05) is 13.0 Å². The molecule has 1 unspecified atom stereocenters. The number of nitrogens with one attached hydrogen (secondary N) is 1. The van der Waals surface area contributed by atoms with Crippen LogP contribution in [0, 0.1) is 6.92 Å². The maximum absolute atomic E-state index is 5.10. The third-order valence-corrected chi connectivity index (χ3v) is 3.24. The first-order valence-corrected chi connectivity index (χ1v) is 6.79. The highest BCUT2D eigenvalue weighted by atomic mass is 16.5. The molecular formula is C15H21N3O. The Morgan fingerprint density at radius 3 is 2.58 bits per heavy atom. The molecule has 4 heteroatoms. The van der Waals surface area contributed by atoms with E-state index in [1.165, 1.54) is 5.56 Å². The van der Waals surface area contributed by atoms with Crippen LogP contribution >= 0.6 is 0 Å². The molecule has 0 aliphatic carbocycles. The summed E-state index contributed by atoms with van der Waals surface area (Å²) in [6, 6.07) is 10.9. The standard InChI is InChI=1S/C15H21N3O/c1-4-11(2)16-14(15-17-12(3)19-18-15)10-13-8-6-5-7-9-13/h5-9,11,14,16H,4,10H2,1-3H3/t11?,14-/m0/s1. The quantitative estimate of drug-likeness (QED) is 0.866. The molecule has 0 aliphatic heterocycles. The molecule has 1 heterocycles. The summed E-state index contributed by atoms with van der Waals surface area (Å²) in [5.41, 5.74) is 1.27. The molecule has 1 aromatic heterocycles. The Kier molecular flexibility index (Phi) is 4.68. The smallest absolute Gasteiger partial charge is 0.223 e. The lowest BCUT2D eigenvalue weighted by atomic mass is 10.0. The Morgan fingerprint density at radius 1 is 1.26 bits per heavy atom. The van der Waals surface area contributed by atoms with Crippen LogP contribution in [-0.4, -0.2) is 16.2 Å². The third kappa shape index (κ3) is 3.89. The summed E-state index contributed by atoms with van der Waals surface area (Å²) in [7, 11) is 0. The number of benzene rings is 1. The van der Waals surface area contributed by atoms with Crippen molar-refractivity contribution >= 4 is 0 Å². The van der Waals surface area contributed by atoms with Gasteiger partial charge in [-0.25, -0.2) is 0 Å². The van der Waals surface area contributed by atoms with Crippen LogP contribution in [0.2, 0.25) is 0 Å². The summed E-state index contributed by atoms with van der Waals surface area (Å²) >= 11 is 0. The van der Waals surface area contributed by atoms with Gasteiger partial charge >= 0.3 is 0 Å². The van der Waals surface area contributed by atoms with E-state index < -0.39 is 0 Å². The van der Waals surface area contributed by atoms with Gasteiger partial charge in [-0.15, -0.1) is 0 Å². The number of aromatic nitrogens is 2. The highest BCUT2D eigenvalue weighted by Crippen LogP contribution is 2.17. The van der Waals surface area contributed by atoms with E-state index in [4.69, 9.17) is 4.52 Å². The van der Waals surface area contributed by atoms with Gasteiger partial charge in [0.15, 0.2) is 5.82 Å². The summed E-state index contributed by atoms with van der Waals surface area (Å²) in [6.07, 6.45) is 1.94. The van der Waals surface area contributed by atoms with Crippen LogP contribution in [0.5, 0.6) is 0 Å². The summed E-state index contributed by atoms with van der Waals surface area (Å²) < 4.78 is 5.10. The average molecular weight is 259 g/mol. The molecule has 1 aromatic carbocycles. The lowest BCUT2D eigenvalue weighted by Gasteiger charge is -2.20. The Labute approximate surface area is 114 Å². The van der Waals surface area contributed by atoms with Crippen LogP contribution in [0.15, 0.2) is 34.9 Å². The Morgan fingerprint density at radius 2 is 2.00 bits per heavy atom. The van der Waals surface area contributed by atoms with E-state index in [1.54, 1.807) is 0 Å². The fourth-order valence-corrected chi connectivity index (χ4v) is 1.99. The van der Waals surface area contributed by atoms with Gasteiger partial charge in [0.05, 0.1) is 6.04 Å². The van der Waals surface area contributed by atoms with Crippen molar-refractivity contribution in [1.29, 1.82) is 0 Å². The van der Waals surface area contributed by atoms with Crippen LogP contribution in [-0.2, 0) is 6.42 Å². The van der Waals surface area contributed by atoms with Crippen molar-refractivity contribution in [3.8, 4) is 0 Å². The topological polar surface area (TPSA) is 51.0 Å². The van der Waals surface area contributed by atoms with Gasteiger partial charge in [-0.2, -0.15) is 4.98 Å². The van der Waals surface area contributed by atoms with Crippen LogP contribution in [0.1, 0.15) is 43.6 Å². The molecule has 0 bridgehead atoms. The molecule has 19 heavy (non-hydrogen) atoms. The average Bonchev–Trinajstić information content (AvgIpc) is 2.85. The first-order valence-electron chi connectivity index (χ1n) is 6.79. The van der Waals surface area contributed by atoms with Crippen molar-refractivity contribution in [3.05, 3.63) is 47.6 Å². The zero-order valence-electron chi connectivity index (χ0n) is 11.8. The number of hydrogen-bond donors (Lipinski definition) is 1. The minimum Gasteiger partial charge on any atom is -0.340 e. The second kappa shape index (κ2) is 6.48. The van der Waals surface area contributed by atoms with Crippen molar-refractivity contribution in [1.82, 2.24) is 15.5 Å². The predicted molar refractivity (Wildman–Crippen MR) is 74.8 cm³/mol. The van der Waals surface area contributed by atoms with Crippen LogP contribution in [0.3, 0.4) is 0 Å². The molecular weight excluding hydrogens is 238 g/mol. The molecule has 102 valence electrons. The number of rotatable bonds is 6. The van der Waals surface area contributed by atoms with E-state index in [-0.39, 0.29) is 6.04 Å². The molecule has 0 radical (unpaired) electrons. The predicted octanol–water partition coefficient (Wildman–Crippen LogP) is 3.05. The molecule has 0 saturated carbocycles. The Bertz CT molecular complexity index is 495. The van der Waals surface area contributed by atoms with E-state index >= 15 is 0 Å². The highest BCUT2D eigenvalue weighted by molar-refractivity contribution is 5.17. The fourth-order valence-electron chi connectivity index (χ4n) is 1.99. The van der Waals surface area contributed by atoms with E-state index in [0.29, 0.717) is 11.9 Å². The van der Waals surface area contributed by atoms with Crippen molar-refractivity contribution < 1.29 is 4.52 Å². The van der Waals surface area contributed by atoms with Crippen LogP contribution in [0.4, 0.5) is 0 Å². The normalized spacial score (nSPS) is 14.3. The highest BCUT2D eigenvalue weighted by Gasteiger charge is 2.19. The lowest BCUT2D eigenvalue weighted by Crippen LogP contribution is -2.32. The van der Waals surface area contributed by atoms with Gasteiger partial charge in [0.2, 0.25) is 5.89 Å². The lowest BCUT2D eigenvalue weighted by molar-refractivity contribution is 0.367. The maximum atomic E-state index is 5.10. The van der Waals surface area contributed by atoms with Gasteiger partial charge < -0.3 is 9.84 Å². The van der Waals surface area contributed by atoms with Crippen molar-refractivity contribution in [2.24, 2.45) is 0 Å². The second-order valence-corrected chi connectivity index (χ2v) is 4.89. The molecule has 2 aromatic rings. The summed E-state index contributed by atoms with van der Waals surface area (Å²) in [5, 5.41) is 7.61. The van der Waals surface area contributed by atoms with Crippen molar-refractivity contribution in [3.63, 3.8) is 0 Å². The minimum absolute atomic E-state index is 0.0924. The number of nitrogens with zero attached hydrogens (tertiary/aromatic N) is 2. The molecule has 1 N–H and O–H groups in total. The van der Waals surface area contributed by atoms with Gasteiger partial charge in [0.25, 0.3) is 0 Å². The minimum atomic E-state index is 0.0924. The summed E-state index contributed by atoms with van der Waals surface area (Å²) in [5.74, 6) is 1.35. The van der Waals surface area contributed by atoms with Crippen LogP contribution in [0.25, 0.3) is 0 Å². The zero-order chi connectivity index (χ0) is 13.7. The monoisotopic (exact) mass is 259 g/mol. The van der Waals surface area contributed by atoms with Gasteiger partial charge in [-0.05, 0) is 25.3 Å². The fraction of sp³-hybridized carbons (Fsp3) is 0.467. The molecule has 0 saturated heterocycles. The first kappa shape index (κ1) is 13.7. The summed E-state index contributed by atoms with van der Waals surface area (Å²) in [4.78, 5) is 4.35. The van der Waals surface area contributed by atoms with Crippen LogP contribution < -0.4 is 5.32 Å². The van der Waals surface area contributed by atoms with Gasteiger partial charge in [0.1, 0.15) is 0 Å². The SMILES string of the molecule is CCC(C)N[C@@H](Cc1ccccc1)c1noc(C)n1. The molecule has 4 nitrogen and oxygen atoms in total. The third-order valence-electron chi connectivity index (χ3n) is 3.24. The molecule has 0 aliphatic rings. The summed E-state index contributed by atoms with van der Waals surface area (Å²) in [6.45, 7) is 6.16. The second-order valence-electron chi connectivity index (χ2n) is 4.89. The molecule has 2 rings (SSSR count). The largest absolute Gasteiger partial charge is 0.340 e. The number of hydrogen-bond acceptors (Lipinski definition) is 4. The van der Waals surface area contributed by atoms with E-state index in [0.717, 1.165) is 18.7 Å². The molecule has 0 fully saturated rings. The first-order chi connectivity index (χ1) is 9.19. The Hall–Kier alpha value is -1.68. The van der Waals surface area contributed by atoms with Crippen molar-refractivity contribution in [2.45, 2.75) is 45.7 Å². The van der Waals surface area contributed by atoms with Gasteiger partial charge in [-0.1, -0.05) is 42.4 Å².